The van der Waals surface area contributed by atoms with Gasteiger partial charge in [0.15, 0.2) is 5.65 Å². The molecule has 0 aliphatic heterocycles. The molecule has 0 unspecified atom stereocenters. The van der Waals surface area contributed by atoms with Crippen LogP contribution in [-0.4, -0.2) is 14.6 Å². The maximum Gasteiger partial charge on any atom is 0.273 e. The first-order chi connectivity index (χ1) is 10.7. The molecule has 0 aliphatic carbocycles. The van der Waals surface area contributed by atoms with Gasteiger partial charge in [-0.1, -0.05) is 30.3 Å². The first kappa shape index (κ1) is 12.6. The SMILES string of the molecule is Cc1[nH]n2c(=O)cc(-c3ccoc3)nc2c1-c1ccccc1. The lowest BCUT2D eigenvalue weighted by molar-refractivity contribution is 0.568. The third kappa shape index (κ3) is 1.87. The first-order valence-corrected chi connectivity index (χ1v) is 6.94. The maximum absolute atomic E-state index is 12.4. The average Bonchev–Trinajstić information content (AvgIpc) is 3.15. The van der Waals surface area contributed by atoms with Crippen LogP contribution in [-0.2, 0) is 0 Å². The number of aromatic amines is 1. The minimum absolute atomic E-state index is 0.147. The fourth-order valence-corrected chi connectivity index (χ4v) is 2.66. The number of rotatable bonds is 2. The maximum atomic E-state index is 12.4. The van der Waals surface area contributed by atoms with E-state index in [1.807, 2.05) is 37.3 Å². The van der Waals surface area contributed by atoms with E-state index in [-0.39, 0.29) is 5.56 Å². The summed E-state index contributed by atoms with van der Waals surface area (Å²) in [7, 11) is 0. The Morgan fingerprint density at radius 2 is 1.95 bits per heavy atom. The van der Waals surface area contributed by atoms with Crippen molar-refractivity contribution in [3.05, 3.63) is 71.0 Å². The summed E-state index contributed by atoms with van der Waals surface area (Å²) in [6.45, 7) is 1.94. The number of aromatic nitrogens is 3. The Labute approximate surface area is 125 Å². The van der Waals surface area contributed by atoms with Crippen molar-refractivity contribution in [3.63, 3.8) is 0 Å². The summed E-state index contributed by atoms with van der Waals surface area (Å²) in [6, 6.07) is 13.2. The minimum atomic E-state index is -0.147. The predicted octanol–water partition coefficient (Wildman–Crippen LogP) is 3.26. The van der Waals surface area contributed by atoms with E-state index >= 15 is 0 Å². The van der Waals surface area contributed by atoms with Crippen molar-refractivity contribution in [3.8, 4) is 22.4 Å². The molecule has 3 heterocycles. The highest BCUT2D eigenvalue weighted by molar-refractivity contribution is 5.80. The standard InChI is InChI=1S/C17H13N3O2/c1-11-16(12-5-3-2-4-6-12)17-18-14(13-7-8-22-10-13)9-15(21)20(17)19-11/h2-10,19H,1H3. The van der Waals surface area contributed by atoms with Gasteiger partial charge in [0.05, 0.1) is 18.2 Å². The molecular weight excluding hydrogens is 278 g/mol. The summed E-state index contributed by atoms with van der Waals surface area (Å²) in [5.41, 5.74) is 4.73. The number of hydrogen-bond acceptors (Lipinski definition) is 3. The second-order valence-electron chi connectivity index (χ2n) is 5.13. The van der Waals surface area contributed by atoms with E-state index < -0.39 is 0 Å². The van der Waals surface area contributed by atoms with Crippen LogP contribution in [0.3, 0.4) is 0 Å². The summed E-state index contributed by atoms with van der Waals surface area (Å²) in [6.07, 6.45) is 3.15. The van der Waals surface area contributed by atoms with Crippen LogP contribution in [0, 0.1) is 6.92 Å². The van der Waals surface area contributed by atoms with Crippen LogP contribution < -0.4 is 5.56 Å². The summed E-state index contributed by atoms with van der Waals surface area (Å²) in [4.78, 5) is 17.0. The molecule has 0 saturated carbocycles. The smallest absolute Gasteiger partial charge is 0.273 e. The van der Waals surface area contributed by atoms with Gasteiger partial charge < -0.3 is 4.42 Å². The normalized spacial score (nSPS) is 11.1. The number of aryl methyl sites for hydroxylation is 1. The van der Waals surface area contributed by atoms with E-state index in [1.54, 1.807) is 18.6 Å². The molecule has 1 aromatic carbocycles. The number of benzene rings is 1. The molecule has 0 radical (unpaired) electrons. The third-order valence-corrected chi connectivity index (χ3v) is 3.68. The van der Waals surface area contributed by atoms with Gasteiger partial charge in [0.25, 0.3) is 5.56 Å². The van der Waals surface area contributed by atoms with Crippen LogP contribution in [0.4, 0.5) is 0 Å². The largest absolute Gasteiger partial charge is 0.472 e. The van der Waals surface area contributed by atoms with Gasteiger partial charge in [-0.2, -0.15) is 0 Å². The Kier molecular flexibility index (Phi) is 2.72. The van der Waals surface area contributed by atoms with Gasteiger partial charge in [0.1, 0.15) is 0 Å². The van der Waals surface area contributed by atoms with Gasteiger partial charge in [0.2, 0.25) is 0 Å². The summed E-state index contributed by atoms with van der Waals surface area (Å²) in [5.74, 6) is 0. The first-order valence-electron chi connectivity index (χ1n) is 6.94. The van der Waals surface area contributed by atoms with Crippen molar-refractivity contribution >= 4 is 5.65 Å². The van der Waals surface area contributed by atoms with Crippen LogP contribution in [0.25, 0.3) is 28.0 Å². The van der Waals surface area contributed by atoms with E-state index in [9.17, 15) is 4.79 Å². The monoisotopic (exact) mass is 291 g/mol. The zero-order valence-corrected chi connectivity index (χ0v) is 11.9. The fourth-order valence-electron chi connectivity index (χ4n) is 2.66. The highest BCUT2D eigenvalue weighted by atomic mass is 16.3. The van der Waals surface area contributed by atoms with E-state index in [2.05, 4.69) is 10.1 Å². The van der Waals surface area contributed by atoms with Gasteiger partial charge in [-0.25, -0.2) is 9.50 Å². The lowest BCUT2D eigenvalue weighted by Gasteiger charge is -2.01. The second kappa shape index (κ2) is 4.73. The number of nitrogens with one attached hydrogen (secondary N) is 1. The lowest BCUT2D eigenvalue weighted by atomic mass is 10.1. The number of nitrogens with zero attached hydrogens (tertiary/aromatic N) is 2. The van der Waals surface area contributed by atoms with E-state index in [0.717, 1.165) is 22.4 Å². The van der Waals surface area contributed by atoms with Crippen LogP contribution in [0.5, 0.6) is 0 Å². The molecule has 5 heteroatoms. The van der Waals surface area contributed by atoms with Crippen molar-refractivity contribution < 1.29 is 4.42 Å². The average molecular weight is 291 g/mol. The molecule has 3 aromatic heterocycles. The molecule has 4 rings (SSSR count). The highest BCUT2D eigenvalue weighted by Gasteiger charge is 2.15. The van der Waals surface area contributed by atoms with E-state index in [1.165, 1.54) is 10.6 Å². The number of hydrogen-bond donors (Lipinski definition) is 1. The Morgan fingerprint density at radius 1 is 1.14 bits per heavy atom. The molecule has 0 atom stereocenters. The molecule has 4 aromatic rings. The van der Waals surface area contributed by atoms with Gasteiger partial charge >= 0.3 is 0 Å². The van der Waals surface area contributed by atoms with Gasteiger partial charge in [-0.3, -0.25) is 9.89 Å². The van der Waals surface area contributed by atoms with Crippen LogP contribution in [0.2, 0.25) is 0 Å². The Balaban J connectivity index is 2.06. The van der Waals surface area contributed by atoms with Gasteiger partial charge in [0, 0.05) is 22.9 Å². The van der Waals surface area contributed by atoms with Crippen molar-refractivity contribution in [2.75, 3.05) is 0 Å². The van der Waals surface area contributed by atoms with Crippen molar-refractivity contribution in [2.45, 2.75) is 6.92 Å². The quantitative estimate of drug-likeness (QED) is 0.616. The highest BCUT2D eigenvalue weighted by Crippen LogP contribution is 2.27. The molecule has 5 nitrogen and oxygen atoms in total. The van der Waals surface area contributed by atoms with Crippen molar-refractivity contribution in [1.29, 1.82) is 0 Å². The van der Waals surface area contributed by atoms with E-state index in [0.29, 0.717) is 11.3 Å². The Morgan fingerprint density at radius 3 is 2.68 bits per heavy atom. The predicted molar refractivity (Wildman–Crippen MR) is 83.7 cm³/mol. The van der Waals surface area contributed by atoms with Crippen molar-refractivity contribution in [1.82, 2.24) is 14.6 Å². The molecular formula is C17H13N3O2. The van der Waals surface area contributed by atoms with Crippen LogP contribution in [0.15, 0.2) is 64.2 Å². The van der Waals surface area contributed by atoms with Crippen LogP contribution >= 0.6 is 0 Å². The Bertz CT molecular complexity index is 996. The van der Waals surface area contributed by atoms with Crippen LogP contribution in [0.1, 0.15) is 5.69 Å². The Hall–Kier alpha value is -3.08. The molecule has 0 fully saturated rings. The molecule has 1 N–H and O–H groups in total. The molecule has 0 bridgehead atoms. The lowest BCUT2D eigenvalue weighted by Crippen LogP contribution is -2.14. The topological polar surface area (TPSA) is 63.3 Å². The zero-order valence-electron chi connectivity index (χ0n) is 11.9. The number of furan rings is 1. The van der Waals surface area contributed by atoms with Gasteiger partial charge in [-0.05, 0) is 18.6 Å². The zero-order chi connectivity index (χ0) is 15.1. The third-order valence-electron chi connectivity index (χ3n) is 3.68. The molecule has 0 amide bonds. The second-order valence-corrected chi connectivity index (χ2v) is 5.13. The summed E-state index contributed by atoms with van der Waals surface area (Å²) < 4.78 is 6.56. The molecule has 108 valence electrons. The molecule has 0 spiro atoms. The summed E-state index contributed by atoms with van der Waals surface area (Å²) in [5, 5.41) is 3.08. The number of H-pyrrole nitrogens is 1. The molecule has 22 heavy (non-hydrogen) atoms. The summed E-state index contributed by atoms with van der Waals surface area (Å²) >= 11 is 0. The minimum Gasteiger partial charge on any atom is -0.472 e. The molecule has 0 aliphatic rings. The fraction of sp³-hybridized carbons (Fsp3) is 0.0588. The number of fused-ring (bicyclic) bond motifs is 1. The van der Waals surface area contributed by atoms with E-state index in [4.69, 9.17) is 4.42 Å². The van der Waals surface area contributed by atoms with Gasteiger partial charge in [-0.15, -0.1) is 0 Å². The molecule has 0 saturated heterocycles. The van der Waals surface area contributed by atoms with Crippen molar-refractivity contribution in [2.24, 2.45) is 0 Å².